The summed E-state index contributed by atoms with van der Waals surface area (Å²) in [4.78, 5) is 17.4. The molecule has 0 aromatic heterocycles. The van der Waals surface area contributed by atoms with E-state index in [0.717, 1.165) is 36.3 Å². The third-order valence-corrected chi connectivity index (χ3v) is 5.27. The van der Waals surface area contributed by atoms with Crippen molar-refractivity contribution in [2.45, 2.75) is 6.42 Å². The molecule has 1 N–H and O–H groups in total. The zero-order valence-corrected chi connectivity index (χ0v) is 15.8. The molecule has 4 nitrogen and oxygen atoms in total. The van der Waals surface area contributed by atoms with Crippen LogP contribution in [0.5, 0.6) is 5.75 Å². The van der Waals surface area contributed by atoms with E-state index in [0.29, 0.717) is 13.1 Å². The van der Waals surface area contributed by atoms with E-state index in [9.17, 15) is 9.90 Å². The van der Waals surface area contributed by atoms with Crippen molar-refractivity contribution in [3.8, 4) is 5.75 Å². The molecule has 0 atom stereocenters. The second kappa shape index (κ2) is 8.17. The minimum absolute atomic E-state index is 0.108. The first-order valence-corrected chi connectivity index (χ1v) is 9.66. The van der Waals surface area contributed by atoms with Crippen molar-refractivity contribution < 1.29 is 9.90 Å². The van der Waals surface area contributed by atoms with Gasteiger partial charge in [-0.25, -0.2) is 0 Å². The Morgan fingerprint density at radius 3 is 2.14 bits per heavy atom. The lowest BCUT2D eigenvalue weighted by Gasteiger charge is -2.36. The zero-order chi connectivity index (χ0) is 19.3. The summed E-state index contributed by atoms with van der Waals surface area (Å²) >= 11 is 0. The zero-order valence-electron chi connectivity index (χ0n) is 15.8. The number of phenols is 1. The lowest BCUT2D eigenvalue weighted by molar-refractivity contribution is 0.0746. The molecule has 1 aliphatic heterocycles. The van der Waals surface area contributed by atoms with E-state index >= 15 is 0 Å². The first kappa shape index (κ1) is 18.1. The van der Waals surface area contributed by atoms with Gasteiger partial charge in [0.1, 0.15) is 5.75 Å². The van der Waals surface area contributed by atoms with Crippen LogP contribution >= 0.6 is 0 Å². The Morgan fingerprint density at radius 2 is 1.43 bits per heavy atom. The number of hydrogen-bond donors (Lipinski definition) is 1. The van der Waals surface area contributed by atoms with Crippen LogP contribution in [0.15, 0.2) is 78.9 Å². The first-order valence-electron chi connectivity index (χ1n) is 9.66. The Kier molecular flexibility index (Phi) is 5.29. The highest BCUT2D eigenvalue weighted by molar-refractivity contribution is 5.96. The van der Waals surface area contributed by atoms with E-state index in [2.05, 4.69) is 17.0 Å². The predicted octanol–water partition coefficient (Wildman–Crippen LogP) is 3.95. The molecule has 4 rings (SSSR count). The van der Waals surface area contributed by atoms with Gasteiger partial charge in [0.05, 0.1) is 0 Å². The minimum Gasteiger partial charge on any atom is -0.508 e. The molecule has 3 aromatic rings. The number of piperazine rings is 1. The molecule has 1 aliphatic rings. The summed E-state index contributed by atoms with van der Waals surface area (Å²) < 4.78 is 0. The largest absolute Gasteiger partial charge is 0.508 e. The number of nitrogens with zero attached hydrogens (tertiary/aromatic N) is 2. The molecule has 0 bridgehead atoms. The van der Waals surface area contributed by atoms with Gasteiger partial charge in [0.15, 0.2) is 0 Å². The average molecular weight is 372 g/mol. The molecule has 1 saturated heterocycles. The molecule has 0 radical (unpaired) electrons. The smallest absolute Gasteiger partial charge is 0.254 e. The molecule has 0 spiro atoms. The van der Waals surface area contributed by atoms with Crippen LogP contribution in [0.4, 0.5) is 5.69 Å². The number of benzene rings is 3. The molecule has 4 heteroatoms. The van der Waals surface area contributed by atoms with Crippen molar-refractivity contribution >= 4 is 11.6 Å². The Hall–Kier alpha value is -3.27. The number of amides is 1. The fraction of sp³-hybridized carbons (Fsp3) is 0.208. The maximum Gasteiger partial charge on any atom is 0.254 e. The highest BCUT2D eigenvalue weighted by atomic mass is 16.3. The molecule has 28 heavy (non-hydrogen) atoms. The second-order valence-corrected chi connectivity index (χ2v) is 7.12. The standard InChI is InChI=1S/C24H24N2O2/c27-22-12-10-21(11-13-22)25-14-16-26(17-15-25)24(28)23-9-5-4-8-20(23)18-19-6-2-1-3-7-19/h1-13,27H,14-18H2. The van der Waals surface area contributed by atoms with E-state index in [1.165, 1.54) is 5.56 Å². The van der Waals surface area contributed by atoms with Gasteiger partial charge in [0.25, 0.3) is 5.91 Å². The van der Waals surface area contributed by atoms with Crippen molar-refractivity contribution in [3.63, 3.8) is 0 Å². The highest BCUT2D eigenvalue weighted by Gasteiger charge is 2.23. The van der Waals surface area contributed by atoms with Gasteiger partial charge in [-0.05, 0) is 47.9 Å². The van der Waals surface area contributed by atoms with Crippen LogP contribution in [0.2, 0.25) is 0 Å². The lowest BCUT2D eigenvalue weighted by atomic mass is 9.99. The monoisotopic (exact) mass is 372 g/mol. The molecular weight excluding hydrogens is 348 g/mol. The van der Waals surface area contributed by atoms with E-state index < -0.39 is 0 Å². The number of aromatic hydroxyl groups is 1. The van der Waals surface area contributed by atoms with E-state index in [-0.39, 0.29) is 11.7 Å². The molecule has 0 aliphatic carbocycles. The molecule has 1 heterocycles. The van der Waals surface area contributed by atoms with Crippen LogP contribution in [-0.4, -0.2) is 42.1 Å². The Bertz CT molecular complexity index is 930. The van der Waals surface area contributed by atoms with Crippen molar-refractivity contribution in [3.05, 3.63) is 95.6 Å². The van der Waals surface area contributed by atoms with Crippen molar-refractivity contribution in [1.29, 1.82) is 0 Å². The van der Waals surface area contributed by atoms with Crippen LogP contribution in [0.3, 0.4) is 0 Å². The Balaban J connectivity index is 1.45. The van der Waals surface area contributed by atoms with E-state index in [1.54, 1.807) is 12.1 Å². The fourth-order valence-electron chi connectivity index (χ4n) is 3.70. The minimum atomic E-state index is 0.108. The third kappa shape index (κ3) is 4.01. The highest BCUT2D eigenvalue weighted by Crippen LogP contribution is 2.21. The third-order valence-electron chi connectivity index (χ3n) is 5.27. The van der Waals surface area contributed by atoms with Crippen LogP contribution in [0.25, 0.3) is 0 Å². The van der Waals surface area contributed by atoms with E-state index in [1.807, 2.05) is 59.5 Å². The number of rotatable bonds is 4. The maximum absolute atomic E-state index is 13.2. The number of phenolic OH excluding ortho intramolecular Hbond substituents is 1. The summed E-state index contributed by atoms with van der Waals surface area (Å²) in [5.41, 5.74) is 4.15. The van der Waals surface area contributed by atoms with Gasteiger partial charge in [-0.3, -0.25) is 4.79 Å². The molecule has 1 amide bonds. The second-order valence-electron chi connectivity index (χ2n) is 7.12. The average Bonchev–Trinajstić information content (AvgIpc) is 2.75. The van der Waals surface area contributed by atoms with Gasteiger partial charge >= 0.3 is 0 Å². The summed E-state index contributed by atoms with van der Waals surface area (Å²) in [5, 5.41) is 9.46. The van der Waals surface area contributed by atoms with Crippen LogP contribution in [-0.2, 0) is 6.42 Å². The molecule has 142 valence electrons. The Morgan fingerprint density at radius 1 is 0.786 bits per heavy atom. The van der Waals surface area contributed by atoms with E-state index in [4.69, 9.17) is 0 Å². The first-order chi connectivity index (χ1) is 13.7. The lowest BCUT2D eigenvalue weighted by Crippen LogP contribution is -2.49. The Labute approximate surface area is 165 Å². The predicted molar refractivity (Wildman–Crippen MR) is 112 cm³/mol. The summed E-state index contributed by atoms with van der Waals surface area (Å²) in [7, 11) is 0. The fourth-order valence-corrected chi connectivity index (χ4v) is 3.70. The molecule has 1 fully saturated rings. The van der Waals surface area contributed by atoms with Crippen LogP contribution in [0.1, 0.15) is 21.5 Å². The van der Waals surface area contributed by atoms with Crippen molar-refractivity contribution in [1.82, 2.24) is 4.90 Å². The van der Waals surface area contributed by atoms with Gasteiger partial charge < -0.3 is 14.9 Å². The van der Waals surface area contributed by atoms with Crippen LogP contribution in [0, 0.1) is 0 Å². The molecule has 0 saturated carbocycles. The van der Waals surface area contributed by atoms with Gasteiger partial charge in [0, 0.05) is 37.4 Å². The van der Waals surface area contributed by atoms with Gasteiger partial charge in [0.2, 0.25) is 0 Å². The van der Waals surface area contributed by atoms with Gasteiger partial charge in [-0.15, -0.1) is 0 Å². The number of carbonyl (C=O) groups is 1. The SMILES string of the molecule is O=C(c1ccccc1Cc1ccccc1)N1CCN(c2ccc(O)cc2)CC1. The number of anilines is 1. The number of hydrogen-bond acceptors (Lipinski definition) is 3. The maximum atomic E-state index is 13.2. The normalized spacial score (nSPS) is 14.1. The summed E-state index contributed by atoms with van der Waals surface area (Å²) in [6.45, 7) is 2.97. The molecular formula is C24H24N2O2. The topological polar surface area (TPSA) is 43.8 Å². The molecule has 3 aromatic carbocycles. The van der Waals surface area contributed by atoms with Crippen molar-refractivity contribution in [2.24, 2.45) is 0 Å². The summed E-state index contributed by atoms with van der Waals surface area (Å²) in [5.74, 6) is 0.379. The number of carbonyl (C=O) groups excluding carboxylic acids is 1. The quantitative estimate of drug-likeness (QED) is 0.754. The summed E-state index contributed by atoms with van der Waals surface area (Å²) in [6, 6.07) is 25.4. The van der Waals surface area contributed by atoms with Gasteiger partial charge in [-0.1, -0.05) is 48.5 Å². The summed E-state index contributed by atoms with van der Waals surface area (Å²) in [6.07, 6.45) is 0.760. The molecule has 0 unspecified atom stereocenters. The van der Waals surface area contributed by atoms with Crippen molar-refractivity contribution in [2.75, 3.05) is 31.1 Å². The van der Waals surface area contributed by atoms with Gasteiger partial charge in [-0.2, -0.15) is 0 Å². The van der Waals surface area contributed by atoms with Crippen LogP contribution < -0.4 is 4.90 Å².